The number of benzene rings is 1. The van der Waals surface area contributed by atoms with Crippen LogP contribution in [-0.4, -0.2) is 9.78 Å². The summed E-state index contributed by atoms with van der Waals surface area (Å²) in [5, 5.41) is 5.70. The van der Waals surface area contributed by atoms with Gasteiger partial charge in [-0.05, 0) is 12.1 Å². The Labute approximate surface area is 74.7 Å². The first-order valence-electron chi connectivity index (χ1n) is 3.57. The maximum Gasteiger partial charge on any atom is 0.134 e. The van der Waals surface area contributed by atoms with Gasteiger partial charge in [-0.25, -0.2) is 0 Å². The highest BCUT2D eigenvalue weighted by Crippen LogP contribution is 2.25. The molecule has 3 nitrogen and oxygen atoms in total. The van der Waals surface area contributed by atoms with E-state index in [0.717, 1.165) is 10.9 Å². The molecule has 0 atom stereocenters. The molecule has 0 unspecified atom stereocenters. The molecule has 2 aromatic rings. The van der Waals surface area contributed by atoms with Gasteiger partial charge in [-0.3, -0.25) is 4.68 Å². The van der Waals surface area contributed by atoms with Crippen molar-refractivity contribution in [3.8, 4) is 0 Å². The Balaban J connectivity index is 2.95. The average Bonchev–Trinajstić information content (AvgIpc) is 2.32. The smallest absolute Gasteiger partial charge is 0.134 e. The Kier molecular flexibility index (Phi) is 1.48. The second-order valence-corrected chi connectivity index (χ2v) is 3.02. The fourth-order valence-corrected chi connectivity index (χ4v) is 1.40. The number of aryl methyl sites for hydroxylation is 1. The van der Waals surface area contributed by atoms with Crippen molar-refractivity contribution in [2.45, 2.75) is 0 Å². The van der Waals surface area contributed by atoms with Crippen molar-refractivity contribution in [1.29, 1.82) is 0 Å². The number of hydrogen-bond donors (Lipinski definition) is 1. The summed E-state index contributed by atoms with van der Waals surface area (Å²) in [7, 11) is 1.79. The number of hydrogen-bond acceptors (Lipinski definition) is 2. The molecule has 62 valence electrons. The van der Waals surface area contributed by atoms with E-state index in [1.165, 1.54) is 0 Å². The topological polar surface area (TPSA) is 43.8 Å². The van der Waals surface area contributed by atoms with Crippen LogP contribution in [0.1, 0.15) is 0 Å². The molecule has 1 aromatic carbocycles. The predicted octanol–water partition coefficient (Wildman–Crippen LogP) is 1.81. The van der Waals surface area contributed by atoms with Gasteiger partial charge >= 0.3 is 0 Å². The minimum Gasteiger partial charge on any atom is -0.397 e. The number of fused-ring (bicyclic) bond motifs is 1. The van der Waals surface area contributed by atoms with Gasteiger partial charge in [-0.1, -0.05) is 17.7 Å². The fraction of sp³-hybridized carbons (Fsp3) is 0.125. The van der Waals surface area contributed by atoms with Crippen LogP contribution >= 0.6 is 11.6 Å². The zero-order chi connectivity index (χ0) is 8.72. The second kappa shape index (κ2) is 2.38. The number of anilines is 1. The van der Waals surface area contributed by atoms with Gasteiger partial charge in [0, 0.05) is 12.4 Å². The van der Waals surface area contributed by atoms with Gasteiger partial charge in [0.05, 0.1) is 5.69 Å². The third-order valence-electron chi connectivity index (χ3n) is 1.82. The SMILES string of the molecule is Cn1nc2c(N)cccc2c1Cl. The molecule has 1 aromatic heterocycles. The van der Waals surface area contributed by atoms with Gasteiger partial charge in [-0.15, -0.1) is 0 Å². The first kappa shape index (κ1) is 7.43. The van der Waals surface area contributed by atoms with Crippen LogP contribution in [0.15, 0.2) is 18.2 Å². The summed E-state index contributed by atoms with van der Waals surface area (Å²) in [5.41, 5.74) is 7.13. The number of rotatable bonds is 0. The van der Waals surface area contributed by atoms with Gasteiger partial charge in [0.25, 0.3) is 0 Å². The number of aromatic nitrogens is 2. The van der Waals surface area contributed by atoms with E-state index in [4.69, 9.17) is 17.3 Å². The minimum absolute atomic E-state index is 0.623. The van der Waals surface area contributed by atoms with E-state index in [1.54, 1.807) is 11.7 Å². The van der Waals surface area contributed by atoms with Crippen molar-refractivity contribution >= 4 is 28.2 Å². The molecule has 0 radical (unpaired) electrons. The van der Waals surface area contributed by atoms with Crippen LogP contribution in [0.5, 0.6) is 0 Å². The maximum atomic E-state index is 5.96. The Hall–Kier alpha value is -1.22. The van der Waals surface area contributed by atoms with Crippen molar-refractivity contribution in [1.82, 2.24) is 9.78 Å². The van der Waals surface area contributed by atoms with Crippen molar-refractivity contribution in [3.05, 3.63) is 23.4 Å². The van der Waals surface area contributed by atoms with E-state index < -0.39 is 0 Å². The second-order valence-electron chi connectivity index (χ2n) is 2.66. The Morgan fingerprint density at radius 1 is 1.50 bits per heavy atom. The zero-order valence-corrected chi connectivity index (χ0v) is 7.34. The van der Waals surface area contributed by atoms with Crippen molar-refractivity contribution in [2.75, 3.05) is 5.73 Å². The van der Waals surface area contributed by atoms with Gasteiger partial charge < -0.3 is 5.73 Å². The summed E-state index contributed by atoms with van der Waals surface area (Å²) in [4.78, 5) is 0. The van der Waals surface area contributed by atoms with Crippen LogP contribution in [0.4, 0.5) is 5.69 Å². The summed E-state index contributed by atoms with van der Waals surface area (Å²) < 4.78 is 1.61. The monoisotopic (exact) mass is 181 g/mol. The van der Waals surface area contributed by atoms with Crippen LogP contribution < -0.4 is 5.73 Å². The van der Waals surface area contributed by atoms with Gasteiger partial charge in [0.2, 0.25) is 0 Å². The summed E-state index contributed by atoms with van der Waals surface area (Å²) in [6.07, 6.45) is 0. The third kappa shape index (κ3) is 0.865. The largest absolute Gasteiger partial charge is 0.397 e. The molecule has 12 heavy (non-hydrogen) atoms. The minimum atomic E-state index is 0.623. The van der Waals surface area contributed by atoms with Crippen LogP contribution in [0.3, 0.4) is 0 Å². The summed E-state index contributed by atoms with van der Waals surface area (Å²) in [5.74, 6) is 0. The Bertz CT molecular complexity index is 433. The van der Waals surface area contributed by atoms with E-state index in [-0.39, 0.29) is 0 Å². The highest BCUT2D eigenvalue weighted by Gasteiger charge is 2.07. The van der Waals surface area contributed by atoms with Crippen molar-refractivity contribution in [3.63, 3.8) is 0 Å². The molecule has 0 fully saturated rings. The maximum absolute atomic E-state index is 5.96. The van der Waals surface area contributed by atoms with Crippen LogP contribution in [-0.2, 0) is 7.05 Å². The zero-order valence-electron chi connectivity index (χ0n) is 6.58. The molecular weight excluding hydrogens is 174 g/mol. The van der Waals surface area contributed by atoms with Crippen molar-refractivity contribution in [2.24, 2.45) is 7.05 Å². The quantitative estimate of drug-likeness (QED) is 0.630. The Morgan fingerprint density at radius 2 is 2.25 bits per heavy atom. The lowest BCUT2D eigenvalue weighted by molar-refractivity contribution is 0.781. The molecule has 1 heterocycles. The fourth-order valence-electron chi connectivity index (χ4n) is 1.21. The molecule has 0 saturated heterocycles. The summed E-state index contributed by atoms with van der Waals surface area (Å²) >= 11 is 5.96. The van der Waals surface area contributed by atoms with E-state index in [0.29, 0.717) is 10.8 Å². The molecule has 0 spiro atoms. The van der Waals surface area contributed by atoms with Gasteiger partial charge in [-0.2, -0.15) is 5.10 Å². The van der Waals surface area contributed by atoms with E-state index in [1.807, 2.05) is 18.2 Å². The molecule has 2 N–H and O–H groups in total. The van der Waals surface area contributed by atoms with E-state index in [9.17, 15) is 0 Å². The number of nitrogens with two attached hydrogens (primary N) is 1. The molecule has 4 heteroatoms. The average molecular weight is 182 g/mol. The lowest BCUT2D eigenvalue weighted by Gasteiger charge is -1.91. The number of halogens is 1. The van der Waals surface area contributed by atoms with Crippen LogP contribution in [0, 0.1) is 0 Å². The molecule has 2 rings (SSSR count). The van der Waals surface area contributed by atoms with Gasteiger partial charge in [0.15, 0.2) is 0 Å². The number of nitrogens with zero attached hydrogens (tertiary/aromatic N) is 2. The first-order valence-corrected chi connectivity index (χ1v) is 3.94. The number of nitrogen functional groups attached to an aromatic ring is 1. The molecule has 0 bridgehead atoms. The lowest BCUT2D eigenvalue weighted by atomic mass is 10.2. The highest BCUT2D eigenvalue weighted by atomic mass is 35.5. The van der Waals surface area contributed by atoms with E-state index >= 15 is 0 Å². The molecule has 0 amide bonds. The Morgan fingerprint density at radius 3 is 2.92 bits per heavy atom. The highest BCUT2D eigenvalue weighted by molar-refractivity contribution is 6.34. The summed E-state index contributed by atoms with van der Waals surface area (Å²) in [6.45, 7) is 0. The molecule has 0 aliphatic carbocycles. The lowest BCUT2D eigenvalue weighted by Crippen LogP contribution is -1.89. The van der Waals surface area contributed by atoms with Crippen molar-refractivity contribution < 1.29 is 0 Å². The van der Waals surface area contributed by atoms with Gasteiger partial charge in [0.1, 0.15) is 10.7 Å². The third-order valence-corrected chi connectivity index (χ3v) is 2.27. The predicted molar refractivity (Wildman–Crippen MR) is 50.1 cm³/mol. The van der Waals surface area contributed by atoms with Crippen LogP contribution in [0.25, 0.3) is 10.9 Å². The first-order chi connectivity index (χ1) is 5.70. The molecule has 0 aliphatic rings. The standard InChI is InChI=1S/C8H8ClN3/c1-12-8(9)5-3-2-4-6(10)7(5)11-12/h2-4H,10H2,1H3. The molecule has 0 aliphatic heterocycles. The van der Waals surface area contributed by atoms with Crippen LogP contribution in [0.2, 0.25) is 5.15 Å². The van der Waals surface area contributed by atoms with E-state index in [2.05, 4.69) is 5.10 Å². The molecule has 0 saturated carbocycles. The molecular formula is C8H8ClN3. The normalized spacial score (nSPS) is 10.8. The summed E-state index contributed by atoms with van der Waals surface area (Å²) in [6, 6.07) is 5.58.